The molecule has 4 nitrogen and oxygen atoms in total. The van der Waals surface area contributed by atoms with Gasteiger partial charge in [-0.1, -0.05) is 96.2 Å². The second kappa shape index (κ2) is 14.3. The van der Waals surface area contributed by atoms with Gasteiger partial charge in [-0.2, -0.15) is 0 Å². The highest BCUT2D eigenvalue weighted by atomic mass is 35.5. The first-order valence-corrected chi connectivity index (χ1v) is 15.1. The van der Waals surface area contributed by atoms with Crippen molar-refractivity contribution in [2.75, 3.05) is 5.75 Å². The van der Waals surface area contributed by atoms with Gasteiger partial charge in [0.25, 0.3) is 0 Å². The van der Waals surface area contributed by atoms with Crippen LogP contribution in [0.2, 0.25) is 15.1 Å². The van der Waals surface area contributed by atoms with E-state index in [1.54, 1.807) is 17.0 Å². The molecule has 1 aliphatic rings. The molecule has 1 saturated carbocycles. The molecule has 0 spiro atoms. The van der Waals surface area contributed by atoms with Crippen molar-refractivity contribution in [3.8, 4) is 0 Å². The SMILES string of the molecule is O=C(NC1CCCC1)[C@H](Cc1ccccc1)N(Cc1ccc(Cl)c(Cl)c1)C(=O)CSCc1ccc(Cl)cc1. The fraction of sp³-hybridized carbons (Fsp3) is 0.333. The largest absolute Gasteiger partial charge is 0.352 e. The number of halogens is 3. The van der Waals surface area contributed by atoms with Gasteiger partial charge in [0.1, 0.15) is 6.04 Å². The minimum Gasteiger partial charge on any atom is -0.352 e. The summed E-state index contributed by atoms with van der Waals surface area (Å²) >= 11 is 20.0. The molecule has 0 aliphatic heterocycles. The Labute approximate surface area is 244 Å². The highest BCUT2D eigenvalue weighted by molar-refractivity contribution is 7.99. The molecule has 8 heteroatoms. The number of nitrogens with zero attached hydrogens (tertiary/aromatic N) is 1. The quantitative estimate of drug-likeness (QED) is 0.251. The third-order valence-electron chi connectivity index (χ3n) is 6.72. The summed E-state index contributed by atoms with van der Waals surface area (Å²) in [5.41, 5.74) is 2.91. The van der Waals surface area contributed by atoms with E-state index in [9.17, 15) is 9.59 Å². The smallest absolute Gasteiger partial charge is 0.243 e. The molecular weight excluding hydrogens is 559 g/mol. The van der Waals surface area contributed by atoms with Gasteiger partial charge in [0.05, 0.1) is 15.8 Å². The van der Waals surface area contributed by atoms with Gasteiger partial charge >= 0.3 is 0 Å². The molecular formula is C30H31Cl3N2O2S. The topological polar surface area (TPSA) is 49.4 Å². The van der Waals surface area contributed by atoms with E-state index in [0.29, 0.717) is 27.2 Å². The van der Waals surface area contributed by atoms with E-state index in [1.807, 2.05) is 60.7 Å². The summed E-state index contributed by atoms with van der Waals surface area (Å²) in [6, 6.07) is 22.3. The summed E-state index contributed by atoms with van der Waals surface area (Å²) in [7, 11) is 0. The zero-order valence-electron chi connectivity index (χ0n) is 21.0. The lowest BCUT2D eigenvalue weighted by Gasteiger charge is -2.32. The Bertz CT molecular complexity index is 1220. The van der Waals surface area contributed by atoms with Crippen molar-refractivity contribution in [1.29, 1.82) is 0 Å². The molecule has 1 fully saturated rings. The molecule has 200 valence electrons. The maximum Gasteiger partial charge on any atom is 0.243 e. The minimum absolute atomic E-state index is 0.0995. The van der Waals surface area contributed by atoms with Crippen molar-refractivity contribution in [2.45, 2.75) is 56.5 Å². The highest BCUT2D eigenvalue weighted by Gasteiger charge is 2.32. The lowest BCUT2D eigenvalue weighted by Crippen LogP contribution is -2.52. The molecule has 2 amide bonds. The summed E-state index contributed by atoms with van der Waals surface area (Å²) in [5, 5.41) is 4.78. The standard InChI is InChI=1S/C30H31Cl3N2O2S/c31-24-13-10-22(11-14-24)19-38-20-29(36)35(18-23-12-15-26(32)27(33)16-23)28(17-21-6-2-1-3-7-21)30(37)34-25-8-4-5-9-25/h1-3,6-7,10-16,25,28H,4-5,8-9,17-20H2,(H,34,37)/t28-/m0/s1. The number of carbonyl (C=O) groups excluding carboxylic acids is 2. The first-order chi connectivity index (χ1) is 18.4. The van der Waals surface area contributed by atoms with E-state index in [0.717, 1.165) is 42.4 Å². The van der Waals surface area contributed by atoms with Gasteiger partial charge in [0.15, 0.2) is 0 Å². The molecule has 4 rings (SSSR count). The number of amides is 2. The van der Waals surface area contributed by atoms with Gasteiger partial charge in [-0.15, -0.1) is 11.8 Å². The molecule has 1 aliphatic carbocycles. The minimum atomic E-state index is -0.656. The van der Waals surface area contributed by atoms with Crippen molar-refractivity contribution in [3.63, 3.8) is 0 Å². The number of benzene rings is 3. The van der Waals surface area contributed by atoms with Gasteiger partial charge in [-0.05, 0) is 53.8 Å². The summed E-state index contributed by atoms with van der Waals surface area (Å²) in [5.74, 6) is 0.696. The van der Waals surface area contributed by atoms with Crippen molar-refractivity contribution >= 4 is 58.4 Å². The second-order valence-corrected chi connectivity index (χ2v) is 11.8. The van der Waals surface area contributed by atoms with Gasteiger partial charge < -0.3 is 10.2 Å². The molecule has 0 heterocycles. The van der Waals surface area contributed by atoms with Crippen LogP contribution < -0.4 is 5.32 Å². The Morgan fingerprint density at radius 1 is 0.868 bits per heavy atom. The van der Waals surface area contributed by atoms with E-state index >= 15 is 0 Å². The number of hydrogen-bond acceptors (Lipinski definition) is 3. The fourth-order valence-corrected chi connectivity index (χ4v) is 5.99. The van der Waals surface area contributed by atoms with Crippen LogP contribution in [0.3, 0.4) is 0 Å². The molecule has 3 aromatic rings. The molecule has 1 atom stereocenters. The number of rotatable bonds is 11. The Balaban J connectivity index is 1.57. The molecule has 0 saturated heterocycles. The van der Waals surface area contributed by atoms with Crippen LogP contribution in [0.5, 0.6) is 0 Å². The van der Waals surface area contributed by atoms with Crippen LogP contribution in [0, 0.1) is 0 Å². The molecule has 0 unspecified atom stereocenters. The summed E-state index contributed by atoms with van der Waals surface area (Å²) in [6.07, 6.45) is 4.60. The van der Waals surface area contributed by atoms with Gasteiger partial charge in [-0.25, -0.2) is 0 Å². The Morgan fingerprint density at radius 2 is 1.55 bits per heavy atom. The van der Waals surface area contributed by atoms with Gasteiger partial charge in [0.2, 0.25) is 11.8 Å². The van der Waals surface area contributed by atoms with Crippen LogP contribution in [-0.2, 0) is 28.3 Å². The second-order valence-electron chi connectivity index (χ2n) is 9.58. The van der Waals surface area contributed by atoms with Crippen molar-refractivity contribution in [2.24, 2.45) is 0 Å². The maximum absolute atomic E-state index is 13.8. The molecule has 0 aromatic heterocycles. The van der Waals surface area contributed by atoms with Gasteiger partial charge in [-0.3, -0.25) is 9.59 Å². The average Bonchev–Trinajstić information content (AvgIpc) is 3.43. The highest BCUT2D eigenvalue weighted by Crippen LogP contribution is 2.26. The van der Waals surface area contributed by atoms with E-state index in [4.69, 9.17) is 34.8 Å². The molecule has 3 aromatic carbocycles. The maximum atomic E-state index is 13.8. The monoisotopic (exact) mass is 588 g/mol. The van der Waals surface area contributed by atoms with Crippen LogP contribution in [0.1, 0.15) is 42.4 Å². The Hall–Kier alpha value is -2.18. The Morgan fingerprint density at radius 3 is 2.24 bits per heavy atom. The van der Waals surface area contributed by atoms with Crippen LogP contribution >= 0.6 is 46.6 Å². The normalized spacial score (nSPS) is 14.3. The zero-order chi connectivity index (χ0) is 26.9. The predicted molar refractivity (Wildman–Crippen MR) is 159 cm³/mol. The first-order valence-electron chi connectivity index (χ1n) is 12.8. The van der Waals surface area contributed by atoms with E-state index in [-0.39, 0.29) is 30.2 Å². The summed E-state index contributed by atoms with van der Waals surface area (Å²) in [6.45, 7) is 0.257. The third-order valence-corrected chi connectivity index (χ3v) is 8.70. The molecule has 0 bridgehead atoms. The van der Waals surface area contributed by atoms with Crippen LogP contribution in [-0.4, -0.2) is 34.6 Å². The van der Waals surface area contributed by atoms with E-state index in [1.165, 1.54) is 11.8 Å². The average molecular weight is 590 g/mol. The van der Waals surface area contributed by atoms with Crippen molar-refractivity contribution in [1.82, 2.24) is 10.2 Å². The van der Waals surface area contributed by atoms with Crippen LogP contribution in [0.25, 0.3) is 0 Å². The number of thioether (sulfide) groups is 1. The molecule has 38 heavy (non-hydrogen) atoms. The lowest BCUT2D eigenvalue weighted by molar-refractivity contribution is -0.139. The fourth-order valence-electron chi connectivity index (χ4n) is 4.68. The van der Waals surface area contributed by atoms with Crippen molar-refractivity contribution in [3.05, 3.63) is 105 Å². The van der Waals surface area contributed by atoms with E-state index < -0.39 is 6.04 Å². The van der Waals surface area contributed by atoms with Crippen LogP contribution in [0.15, 0.2) is 72.8 Å². The third kappa shape index (κ3) is 8.41. The molecule has 0 radical (unpaired) electrons. The Kier molecular flexibility index (Phi) is 10.8. The number of nitrogens with one attached hydrogen (secondary N) is 1. The van der Waals surface area contributed by atoms with Crippen molar-refractivity contribution < 1.29 is 9.59 Å². The van der Waals surface area contributed by atoms with Gasteiger partial charge in [0, 0.05) is 29.8 Å². The predicted octanol–water partition coefficient (Wildman–Crippen LogP) is 7.58. The number of carbonyl (C=O) groups is 2. The zero-order valence-corrected chi connectivity index (χ0v) is 24.1. The lowest BCUT2D eigenvalue weighted by atomic mass is 10.0. The van der Waals surface area contributed by atoms with Crippen LogP contribution in [0.4, 0.5) is 0 Å². The summed E-state index contributed by atoms with van der Waals surface area (Å²) in [4.78, 5) is 29.2. The number of hydrogen-bond donors (Lipinski definition) is 1. The van der Waals surface area contributed by atoms with E-state index in [2.05, 4.69) is 5.32 Å². The molecule has 1 N–H and O–H groups in total. The first kappa shape index (κ1) is 28.8. The summed E-state index contributed by atoms with van der Waals surface area (Å²) < 4.78 is 0.